The van der Waals surface area contributed by atoms with Crippen LogP contribution >= 0.6 is 0 Å². The molecule has 1 aliphatic rings. The van der Waals surface area contributed by atoms with Gasteiger partial charge in [-0.15, -0.1) is 0 Å². The molecule has 2 rings (SSSR count). The largest absolute Gasteiger partial charge is 0.313 e. The summed E-state index contributed by atoms with van der Waals surface area (Å²) in [6, 6.07) is 5.44. The molecule has 0 aromatic heterocycles. The van der Waals surface area contributed by atoms with Gasteiger partial charge in [-0.2, -0.15) is 0 Å². The van der Waals surface area contributed by atoms with E-state index in [0.29, 0.717) is 17.9 Å². The van der Waals surface area contributed by atoms with Crippen LogP contribution in [0, 0.1) is 11.7 Å². The third-order valence-electron chi connectivity index (χ3n) is 3.50. The summed E-state index contributed by atoms with van der Waals surface area (Å²) < 4.78 is 13.1. The Morgan fingerprint density at radius 2 is 1.93 bits per heavy atom. The number of fused-ring (bicyclic) bond motifs is 1. The summed E-state index contributed by atoms with van der Waals surface area (Å²) in [6.07, 6.45) is 0. The van der Waals surface area contributed by atoms with E-state index in [-0.39, 0.29) is 5.82 Å². The Labute approximate surface area is 84.3 Å². The van der Waals surface area contributed by atoms with Gasteiger partial charge in [0.15, 0.2) is 0 Å². The van der Waals surface area contributed by atoms with E-state index in [4.69, 9.17) is 0 Å². The molecule has 1 N–H and O–H groups in total. The summed E-state index contributed by atoms with van der Waals surface area (Å²) in [4.78, 5) is 0. The highest BCUT2D eigenvalue weighted by Gasteiger charge is 2.34. The number of halogens is 1. The van der Waals surface area contributed by atoms with E-state index < -0.39 is 0 Å². The van der Waals surface area contributed by atoms with Crippen LogP contribution in [-0.2, 0) is 0 Å². The smallest absolute Gasteiger partial charge is 0.123 e. The van der Waals surface area contributed by atoms with Crippen LogP contribution < -0.4 is 5.32 Å². The average molecular weight is 193 g/mol. The molecule has 3 unspecified atom stereocenters. The second kappa shape index (κ2) is 3.35. The Morgan fingerprint density at radius 3 is 2.57 bits per heavy atom. The lowest BCUT2D eigenvalue weighted by molar-refractivity contribution is 0.401. The predicted molar refractivity (Wildman–Crippen MR) is 55.8 cm³/mol. The molecule has 1 aliphatic carbocycles. The summed E-state index contributed by atoms with van der Waals surface area (Å²) in [6.45, 7) is 4.42. The fourth-order valence-corrected chi connectivity index (χ4v) is 2.50. The van der Waals surface area contributed by atoms with Crippen molar-refractivity contribution < 1.29 is 4.39 Å². The van der Waals surface area contributed by atoms with E-state index in [0.717, 1.165) is 5.56 Å². The first-order chi connectivity index (χ1) is 6.65. The monoisotopic (exact) mass is 193 g/mol. The molecule has 2 heteroatoms. The minimum absolute atomic E-state index is 0.134. The lowest BCUT2D eigenvalue weighted by Crippen LogP contribution is -2.20. The van der Waals surface area contributed by atoms with Crippen molar-refractivity contribution in [2.45, 2.75) is 25.8 Å². The zero-order valence-electron chi connectivity index (χ0n) is 8.84. The van der Waals surface area contributed by atoms with Crippen LogP contribution in [0.25, 0.3) is 0 Å². The first-order valence-corrected chi connectivity index (χ1v) is 5.11. The van der Waals surface area contributed by atoms with Crippen molar-refractivity contribution in [2.75, 3.05) is 7.05 Å². The first kappa shape index (κ1) is 9.66. The van der Waals surface area contributed by atoms with E-state index in [1.165, 1.54) is 5.56 Å². The molecule has 0 heterocycles. The van der Waals surface area contributed by atoms with Gasteiger partial charge in [-0.3, -0.25) is 0 Å². The van der Waals surface area contributed by atoms with Gasteiger partial charge in [-0.25, -0.2) is 4.39 Å². The molecule has 0 amide bonds. The summed E-state index contributed by atoms with van der Waals surface area (Å²) in [5, 5.41) is 3.26. The van der Waals surface area contributed by atoms with Crippen molar-refractivity contribution in [1.82, 2.24) is 5.32 Å². The van der Waals surface area contributed by atoms with E-state index in [1.807, 2.05) is 13.1 Å². The third-order valence-corrected chi connectivity index (χ3v) is 3.50. The standard InChI is InChI=1S/C12H16FN/c1-7-8(2)12(14-3)11-6-9(13)4-5-10(7)11/h4-8,12,14H,1-3H3. The Morgan fingerprint density at radius 1 is 1.21 bits per heavy atom. The van der Waals surface area contributed by atoms with Crippen molar-refractivity contribution >= 4 is 0 Å². The first-order valence-electron chi connectivity index (χ1n) is 5.11. The molecule has 0 spiro atoms. The Kier molecular flexibility index (Phi) is 2.31. The second-order valence-corrected chi connectivity index (χ2v) is 4.19. The summed E-state index contributed by atoms with van der Waals surface area (Å²) in [7, 11) is 1.94. The number of hydrogen-bond donors (Lipinski definition) is 1. The number of rotatable bonds is 1. The molecule has 1 nitrogen and oxygen atoms in total. The van der Waals surface area contributed by atoms with Crippen molar-refractivity contribution in [3.63, 3.8) is 0 Å². The molecule has 1 aromatic carbocycles. The van der Waals surface area contributed by atoms with Gasteiger partial charge in [0.25, 0.3) is 0 Å². The van der Waals surface area contributed by atoms with Gasteiger partial charge in [0.1, 0.15) is 5.82 Å². The van der Waals surface area contributed by atoms with E-state index in [2.05, 4.69) is 19.2 Å². The quantitative estimate of drug-likeness (QED) is 0.723. The minimum Gasteiger partial charge on any atom is -0.313 e. The summed E-state index contributed by atoms with van der Waals surface area (Å²) in [5.41, 5.74) is 2.42. The zero-order valence-corrected chi connectivity index (χ0v) is 8.84. The molecular formula is C12H16FN. The van der Waals surface area contributed by atoms with Crippen LogP contribution in [0.3, 0.4) is 0 Å². The van der Waals surface area contributed by atoms with Gasteiger partial charge in [0, 0.05) is 6.04 Å². The highest BCUT2D eigenvalue weighted by atomic mass is 19.1. The lowest BCUT2D eigenvalue weighted by atomic mass is 9.95. The van der Waals surface area contributed by atoms with Crippen molar-refractivity contribution in [2.24, 2.45) is 5.92 Å². The maximum atomic E-state index is 13.1. The highest BCUT2D eigenvalue weighted by molar-refractivity contribution is 5.39. The molecule has 0 bridgehead atoms. The van der Waals surface area contributed by atoms with Crippen LogP contribution in [-0.4, -0.2) is 7.05 Å². The van der Waals surface area contributed by atoms with Crippen molar-refractivity contribution in [1.29, 1.82) is 0 Å². The number of benzene rings is 1. The van der Waals surface area contributed by atoms with Crippen LogP contribution in [0.2, 0.25) is 0 Å². The molecule has 0 saturated carbocycles. The predicted octanol–water partition coefficient (Wildman–Crippen LogP) is 2.84. The molecule has 0 fully saturated rings. The van der Waals surface area contributed by atoms with Crippen LogP contribution in [0.4, 0.5) is 4.39 Å². The maximum Gasteiger partial charge on any atom is 0.123 e. The lowest BCUT2D eigenvalue weighted by Gasteiger charge is -2.17. The maximum absolute atomic E-state index is 13.1. The van der Waals surface area contributed by atoms with Crippen molar-refractivity contribution in [3.8, 4) is 0 Å². The molecule has 0 aliphatic heterocycles. The topological polar surface area (TPSA) is 12.0 Å². The van der Waals surface area contributed by atoms with Gasteiger partial charge >= 0.3 is 0 Å². The Balaban J connectivity index is 2.50. The van der Waals surface area contributed by atoms with Gasteiger partial charge in [0.2, 0.25) is 0 Å². The van der Waals surface area contributed by atoms with Crippen molar-refractivity contribution in [3.05, 3.63) is 35.1 Å². The molecule has 0 radical (unpaired) electrons. The van der Waals surface area contributed by atoms with Gasteiger partial charge in [0.05, 0.1) is 0 Å². The SMILES string of the molecule is CNC1c2cc(F)ccc2C(C)C1C. The van der Waals surface area contributed by atoms with Gasteiger partial charge in [-0.1, -0.05) is 19.9 Å². The molecular weight excluding hydrogens is 177 g/mol. The molecule has 0 saturated heterocycles. The van der Waals surface area contributed by atoms with E-state index >= 15 is 0 Å². The minimum atomic E-state index is -0.134. The highest BCUT2D eigenvalue weighted by Crippen LogP contribution is 2.44. The van der Waals surface area contributed by atoms with Crippen LogP contribution in [0.1, 0.15) is 36.9 Å². The summed E-state index contributed by atoms with van der Waals surface area (Å²) >= 11 is 0. The summed E-state index contributed by atoms with van der Waals surface area (Å²) in [5.74, 6) is 0.921. The molecule has 1 aromatic rings. The number of nitrogens with one attached hydrogen (secondary N) is 1. The molecule has 14 heavy (non-hydrogen) atoms. The van der Waals surface area contributed by atoms with E-state index in [9.17, 15) is 4.39 Å². The average Bonchev–Trinajstić information content (AvgIpc) is 2.39. The Hall–Kier alpha value is -0.890. The van der Waals surface area contributed by atoms with E-state index in [1.54, 1.807) is 12.1 Å². The van der Waals surface area contributed by atoms with Gasteiger partial charge < -0.3 is 5.32 Å². The van der Waals surface area contributed by atoms with Crippen LogP contribution in [0.5, 0.6) is 0 Å². The molecule has 76 valence electrons. The normalized spacial score (nSPS) is 30.4. The fraction of sp³-hybridized carbons (Fsp3) is 0.500. The second-order valence-electron chi connectivity index (χ2n) is 4.19. The zero-order chi connectivity index (χ0) is 10.3. The van der Waals surface area contributed by atoms with Crippen LogP contribution in [0.15, 0.2) is 18.2 Å². The fourth-order valence-electron chi connectivity index (χ4n) is 2.50. The number of hydrogen-bond acceptors (Lipinski definition) is 1. The Bertz CT molecular complexity index is 348. The van der Waals surface area contributed by atoms with Gasteiger partial charge in [-0.05, 0) is 42.1 Å². The molecule has 3 atom stereocenters. The third kappa shape index (κ3) is 1.25.